The van der Waals surface area contributed by atoms with E-state index in [4.69, 9.17) is 16.3 Å². The predicted molar refractivity (Wildman–Crippen MR) is 185 cm³/mol. The zero-order chi connectivity index (χ0) is 33.3. The highest BCUT2D eigenvalue weighted by Crippen LogP contribution is 2.33. The number of hydrogen-bond donors (Lipinski definition) is 1. The van der Waals surface area contributed by atoms with Gasteiger partial charge in [0.2, 0.25) is 11.8 Å². The highest BCUT2D eigenvalue weighted by Gasteiger charge is 2.35. The predicted octanol–water partition coefficient (Wildman–Crippen LogP) is 6.86. The summed E-state index contributed by atoms with van der Waals surface area (Å²) in [6.07, 6.45) is 0.221. The first-order chi connectivity index (χ1) is 22.0. The monoisotopic (exact) mass is 725 g/mol. The Kier molecular flexibility index (Phi) is 12.3. The minimum Gasteiger partial charge on any atom is -0.492 e. The molecule has 242 valence electrons. The van der Waals surface area contributed by atoms with Gasteiger partial charge in [0.05, 0.1) is 17.2 Å². The van der Waals surface area contributed by atoms with Gasteiger partial charge in [-0.25, -0.2) is 8.42 Å². The van der Waals surface area contributed by atoms with Crippen LogP contribution in [0.5, 0.6) is 5.75 Å². The standard InChI is InChI=1S/C35H37BrClN3O5S/c1-4-45-33-16-9-8-15-31(33)40(46(43,44)30-19-17-29(37)18-20-30)24-34(41)39(23-27-13-10-14-28(36)21-27)32(35(42)38-25(2)3)22-26-11-6-5-7-12-26/h5-21,25,32H,4,22-24H2,1-3H3,(H,38,42). The molecule has 0 bridgehead atoms. The van der Waals surface area contributed by atoms with E-state index in [0.717, 1.165) is 19.9 Å². The van der Waals surface area contributed by atoms with Crippen LogP contribution in [0, 0.1) is 0 Å². The number of halogens is 2. The van der Waals surface area contributed by atoms with E-state index in [-0.39, 0.29) is 42.1 Å². The fraction of sp³-hybridized carbons (Fsp3) is 0.257. The summed E-state index contributed by atoms with van der Waals surface area (Å²) in [4.78, 5) is 29.8. The third-order valence-electron chi connectivity index (χ3n) is 7.06. The van der Waals surface area contributed by atoms with Gasteiger partial charge < -0.3 is 15.0 Å². The number of ether oxygens (including phenoxy) is 1. The number of para-hydroxylation sites is 2. The van der Waals surface area contributed by atoms with Crippen molar-refractivity contribution in [1.29, 1.82) is 0 Å². The Hall–Kier alpha value is -3.86. The topological polar surface area (TPSA) is 96.0 Å². The van der Waals surface area contributed by atoms with Crippen molar-refractivity contribution < 1.29 is 22.7 Å². The molecule has 8 nitrogen and oxygen atoms in total. The van der Waals surface area contributed by atoms with Crippen LogP contribution in [-0.4, -0.2) is 50.4 Å². The van der Waals surface area contributed by atoms with Crippen LogP contribution in [0.4, 0.5) is 5.69 Å². The summed E-state index contributed by atoms with van der Waals surface area (Å²) < 4.78 is 36.2. The van der Waals surface area contributed by atoms with Crippen LogP contribution in [0.15, 0.2) is 112 Å². The molecule has 1 N–H and O–H groups in total. The van der Waals surface area contributed by atoms with Gasteiger partial charge in [-0.2, -0.15) is 0 Å². The minimum absolute atomic E-state index is 0.0482. The second kappa shape index (κ2) is 16.1. The summed E-state index contributed by atoms with van der Waals surface area (Å²) in [5, 5.41) is 3.33. The Balaban J connectivity index is 1.84. The SMILES string of the molecule is CCOc1ccccc1N(CC(=O)N(Cc1cccc(Br)c1)C(Cc1ccccc1)C(=O)NC(C)C)S(=O)(=O)c1ccc(Cl)cc1. The number of carbonyl (C=O) groups excluding carboxylic acids is 2. The number of benzene rings is 4. The van der Waals surface area contributed by atoms with Gasteiger partial charge in [-0.15, -0.1) is 0 Å². The molecule has 46 heavy (non-hydrogen) atoms. The highest BCUT2D eigenvalue weighted by atomic mass is 79.9. The molecule has 0 saturated carbocycles. The third-order valence-corrected chi connectivity index (χ3v) is 9.58. The van der Waals surface area contributed by atoms with Gasteiger partial charge in [0.1, 0.15) is 18.3 Å². The number of hydrogen-bond acceptors (Lipinski definition) is 5. The van der Waals surface area contributed by atoms with Gasteiger partial charge in [0.15, 0.2) is 0 Å². The second-order valence-corrected chi connectivity index (χ2v) is 14.1. The number of nitrogens with one attached hydrogen (secondary N) is 1. The fourth-order valence-corrected chi connectivity index (χ4v) is 6.95. The van der Waals surface area contributed by atoms with Crippen LogP contribution < -0.4 is 14.4 Å². The molecule has 0 aliphatic carbocycles. The highest BCUT2D eigenvalue weighted by molar-refractivity contribution is 9.10. The second-order valence-electron chi connectivity index (χ2n) is 10.9. The van der Waals surface area contributed by atoms with Crippen molar-refractivity contribution >= 4 is 55.1 Å². The number of nitrogens with zero attached hydrogens (tertiary/aromatic N) is 2. The van der Waals surface area contributed by atoms with Crippen molar-refractivity contribution in [2.45, 2.75) is 50.7 Å². The lowest BCUT2D eigenvalue weighted by Crippen LogP contribution is -2.54. The van der Waals surface area contributed by atoms with Gasteiger partial charge in [-0.1, -0.05) is 82.1 Å². The van der Waals surface area contributed by atoms with Crippen LogP contribution in [-0.2, 0) is 32.6 Å². The molecule has 0 aromatic heterocycles. The summed E-state index contributed by atoms with van der Waals surface area (Å²) in [6, 6.07) is 28.1. The Morgan fingerprint density at radius 3 is 2.20 bits per heavy atom. The summed E-state index contributed by atoms with van der Waals surface area (Å²) in [7, 11) is -4.30. The number of amides is 2. The lowest BCUT2D eigenvalue weighted by Gasteiger charge is -2.34. The van der Waals surface area contributed by atoms with Crippen LogP contribution in [0.1, 0.15) is 31.9 Å². The molecule has 0 radical (unpaired) electrons. The van der Waals surface area contributed by atoms with Gasteiger partial charge in [0, 0.05) is 28.5 Å². The van der Waals surface area contributed by atoms with E-state index in [1.54, 1.807) is 31.2 Å². The number of sulfonamides is 1. The fourth-order valence-electron chi connectivity index (χ4n) is 4.95. The average Bonchev–Trinajstić information content (AvgIpc) is 3.02. The molecule has 1 unspecified atom stereocenters. The molecular weight excluding hydrogens is 690 g/mol. The quantitative estimate of drug-likeness (QED) is 0.153. The number of anilines is 1. The Labute approximate surface area is 284 Å². The van der Waals surface area contributed by atoms with Crippen LogP contribution in [0.25, 0.3) is 0 Å². The minimum atomic E-state index is -4.30. The molecule has 4 aromatic carbocycles. The summed E-state index contributed by atoms with van der Waals surface area (Å²) in [5.74, 6) is -0.611. The Morgan fingerprint density at radius 2 is 1.54 bits per heavy atom. The van der Waals surface area contributed by atoms with Crippen molar-refractivity contribution in [3.63, 3.8) is 0 Å². The maximum Gasteiger partial charge on any atom is 0.264 e. The Bertz CT molecular complexity index is 1740. The van der Waals surface area contributed by atoms with Gasteiger partial charge >= 0.3 is 0 Å². The molecule has 0 saturated heterocycles. The van der Waals surface area contributed by atoms with Crippen molar-refractivity contribution in [3.05, 3.63) is 124 Å². The van der Waals surface area contributed by atoms with Crippen LogP contribution in [0.3, 0.4) is 0 Å². The van der Waals surface area contributed by atoms with E-state index in [1.165, 1.54) is 29.2 Å². The lowest BCUT2D eigenvalue weighted by molar-refractivity contribution is -0.140. The van der Waals surface area contributed by atoms with E-state index >= 15 is 0 Å². The maximum absolute atomic E-state index is 14.6. The summed E-state index contributed by atoms with van der Waals surface area (Å²) in [6.45, 7) is 5.24. The summed E-state index contributed by atoms with van der Waals surface area (Å²) >= 11 is 9.57. The zero-order valence-electron chi connectivity index (χ0n) is 25.9. The van der Waals surface area contributed by atoms with Crippen molar-refractivity contribution in [2.75, 3.05) is 17.5 Å². The maximum atomic E-state index is 14.6. The first-order valence-electron chi connectivity index (χ1n) is 14.9. The molecule has 2 amide bonds. The van der Waals surface area contributed by atoms with E-state index in [2.05, 4.69) is 21.2 Å². The average molecular weight is 727 g/mol. The molecular formula is C35H37BrClN3O5S. The van der Waals surface area contributed by atoms with Crippen molar-refractivity contribution in [3.8, 4) is 5.75 Å². The molecule has 4 aromatic rings. The van der Waals surface area contributed by atoms with E-state index in [0.29, 0.717) is 10.8 Å². The van der Waals surface area contributed by atoms with Gasteiger partial charge in [0.25, 0.3) is 10.0 Å². The first-order valence-corrected chi connectivity index (χ1v) is 17.5. The van der Waals surface area contributed by atoms with E-state index < -0.39 is 28.5 Å². The largest absolute Gasteiger partial charge is 0.492 e. The first kappa shape index (κ1) is 35.0. The zero-order valence-corrected chi connectivity index (χ0v) is 29.1. The number of rotatable bonds is 14. The van der Waals surface area contributed by atoms with Crippen molar-refractivity contribution in [1.82, 2.24) is 10.2 Å². The molecule has 1 atom stereocenters. The van der Waals surface area contributed by atoms with Gasteiger partial charge in [-0.3, -0.25) is 13.9 Å². The smallest absolute Gasteiger partial charge is 0.264 e. The normalized spacial score (nSPS) is 12.0. The summed E-state index contributed by atoms with van der Waals surface area (Å²) in [5.41, 5.74) is 1.81. The molecule has 0 aliphatic rings. The van der Waals surface area contributed by atoms with Crippen LogP contribution in [0.2, 0.25) is 5.02 Å². The van der Waals surface area contributed by atoms with E-state index in [9.17, 15) is 18.0 Å². The molecule has 11 heteroatoms. The van der Waals surface area contributed by atoms with E-state index in [1.807, 2.05) is 68.4 Å². The van der Waals surface area contributed by atoms with Crippen LogP contribution >= 0.6 is 27.5 Å². The number of carbonyl (C=O) groups is 2. The van der Waals surface area contributed by atoms with Crippen molar-refractivity contribution in [2.24, 2.45) is 0 Å². The Morgan fingerprint density at radius 1 is 0.891 bits per heavy atom. The molecule has 0 fully saturated rings. The molecule has 0 aliphatic heterocycles. The molecule has 0 heterocycles. The third kappa shape index (κ3) is 9.11. The lowest BCUT2D eigenvalue weighted by atomic mass is 10.0. The molecule has 0 spiro atoms. The molecule has 4 rings (SSSR count). The van der Waals surface area contributed by atoms with Gasteiger partial charge in [-0.05, 0) is 80.4 Å².